The maximum atomic E-state index is 12.8. The van der Waals surface area contributed by atoms with Crippen LogP contribution in [0, 0.1) is 0 Å². The lowest BCUT2D eigenvalue weighted by Crippen LogP contribution is -2.29. The van der Waals surface area contributed by atoms with E-state index in [4.69, 9.17) is 23.8 Å². The van der Waals surface area contributed by atoms with Gasteiger partial charge in [-0.2, -0.15) is 13.2 Å². The van der Waals surface area contributed by atoms with Gasteiger partial charge in [-0.3, -0.25) is 14.5 Å². The second-order valence-corrected chi connectivity index (χ2v) is 8.67. The monoisotopic (exact) mass is 484 g/mol. The highest BCUT2D eigenvalue weighted by Gasteiger charge is 2.32. The molecule has 1 aliphatic rings. The number of alkyl halides is 3. The number of nitrogens with zero attached hydrogens (tertiary/aromatic N) is 1. The molecule has 1 aliphatic heterocycles. The molecule has 4 nitrogen and oxygen atoms in total. The van der Waals surface area contributed by atoms with Crippen molar-refractivity contribution in [2.45, 2.75) is 19.0 Å². The normalized spacial score (nSPS) is 15.6. The Bertz CT molecular complexity index is 1060. The molecule has 0 atom stereocenters. The van der Waals surface area contributed by atoms with Gasteiger partial charge < -0.3 is 5.32 Å². The summed E-state index contributed by atoms with van der Waals surface area (Å²) < 4.78 is 38.7. The van der Waals surface area contributed by atoms with Crippen LogP contribution in [0.4, 0.5) is 18.9 Å². The molecule has 1 heterocycles. The van der Waals surface area contributed by atoms with Crippen molar-refractivity contribution in [3.63, 3.8) is 0 Å². The van der Waals surface area contributed by atoms with E-state index in [0.717, 1.165) is 23.9 Å². The number of thiocarbonyl (C=S) groups is 1. The number of thioether (sulfide) groups is 1. The number of amides is 2. The van der Waals surface area contributed by atoms with E-state index in [1.807, 2.05) is 6.07 Å². The summed E-state index contributed by atoms with van der Waals surface area (Å²) in [5, 5.41) is 2.96. The zero-order valence-electron chi connectivity index (χ0n) is 15.9. The highest BCUT2D eigenvalue weighted by atomic mass is 35.5. The lowest BCUT2D eigenvalue weighted by atomic mass is 10.2. The van der Waals surface area contributed by atoms with E-state index in [2.05, 4.69) is 5.32 Å². The fourth-order valence-electron chi connectivity index (χ4n) is 2.82. The zero-order valence-corrected chi connectivity index (χ0v) is 18.3. The lowest BCUT2D eigenvalue weighted by Gasteiger charge is -2.14. The SMILES string of the molecule is O=C(CCCN1C(=O)/C(=C\c2ccccc2Cl)SC1=S)Nc1cccc(C(F)(F)F)c1. The van der Waals surface area contributed by atoms with Crippen molar-refractivity contribution in [1.82, 2.24) is 4.90 Å². The number of halogens is 4. The number of hydrogen-bond donors (Lipinski definition) is 1. The van der Waals surface area contributed by atoms with Crippen molar-refractivity contribution in [3.05, 3.63) is 69.6 Å². The van der Waals surface area contributed by atoms with Crippen LogP contribution >= 0.6 is 35.6 Å². The third kappa shape index (κ3) is 6.09. The molecule has 10 heteroatoms. The molecule has 2 aromatic rings. The van der Waals surface area contributed by atoms with Crippen molar-refractivity contribution in [2.24, 2.45) is 0 Å². The molecule has 1 saturated heterocycles. The van der Waals surface area contributed by atoms with Crippen LogP contribution in [-0.2, 0) is 15.8 Å². The van der Waals surface area contributed by atoms with Crippen molar-refractivity contribution in [3.8, 4) is 0 Å². The molecule has 162 valence electrons. The van der Waals surface area contributed by atoms with Crippen LogP contribution in [0.25, 0.3) is 6.08 Å². The molecule has 0 unspecified atom stereocenters. The third-order valence-electron chi connectivity index (χ3n) is 4.32. The number of rotatable bonds is 6. The van der Waals surface area contributed by atoms with Crippen LogP contribution in [0.3, 0.4) is 0 Å². The van der Waals surface area contributed by atoms with Crippen LogP contribution in [0.15, 0.2) is 53.4 Å². The Kier molecular flexibility index (Phi) is 7.40. The van der Waals surface area contributed by atoms with Gasteiger partial charge in [0.05, 0.1) is 10.5 Å². The number of nitrogens with one attached hydrogen (secondary N) is 1. The summed E-state index contributed by atoms with van der Waals surface area (Å²) in [6.07, 6.45) is -2.49. The molecule has 1 fully saturated rings. The molecule has 1 N–H and O–H groups in total. The fourth-order valence-corrected chi connectivity index (χ4v) is 4.31. The maximum absolute atomic E-state index is 12.8. The van der Waals surface area contributed by atoms with Crippen molar-refractivity contribution < 1.29 is 22.8 Å². The van der Waals surface area contributed by atoms with E-state index in [0.29, 0.717) is 26.2 Å². The van der Waals surface area contributed by atoms with Crippen molar-refractivity contribution in [2.75, 3.05) is 11.9 Å². The molecule has 0 aliphatic carbocycles. The Morgan fingerprint density at radius 3 is 2.65 bits per heavy atom. The Labute approximate surface area is 191 Å². The number of carbonyl (C=O) groups is 2. The first-order valence-corrected chi connectivity index (χ1v) is 10.7. The smallest absolute Gasteiger partial charge is 0.326 e. The molecule has 0 bridgehead atoms. The summed E-state index contributed by atoms with van der Waals surface area (Å²) in [5.74, 6) is -0.718. The lowest BCUT2D eigenvalue weighted by molar-refractivity contribution is -0.137. The molecular weight excluding hydrogens is 469 g/mol. The summed E-state index contributed by atoms with van der Waals surface area (Å²) in [4.78, 5) is 26.6. The summed E-state index contributed by atoms with van der Waals surface area (Å²) in [6.45, 7) is 0.223. The van der Waals surface area contributed by atoms with Gasteiger partial charge in [-0.1, -0.05) is 59.8 Å². The van der Waals surface area contributed by atoms with Gasteiger partial charge in [-0.25, -0.2) is 0 Å². The van der Waals surface area contributed by atoms with E-state index in [1.165, 1.54) is 17.0 Å². The molecule has 2 amide bonds. The third-order valence-corrected chi connectivity index (χ3v) is 6.05. The molecule has 0 saturated carbocycles. The largest absolute Gasteiger partial charge is 0.416 e. The van der Waals surface area contributed by atoms with E-state index in [9.17, 15) is 22.8 Å². The van der Waals surface area contributed by atoms with Crippen LogP contribution in [0.5, 0.6) is 0 Å². The highest BCUT2D eigenvalue weighted by Crippen LogP contribution is 2.34. The molecule has 0 spiro atoms. The Morgan fingerprint density at radius 2 is 1.94 bits per heavy atom. The summed E-state index contributed by atoms with van der Waals surface area (Å²) in [6, 6.07) is 11.5. The molecule has 3 rings (SSSR count). The van der Waals surface area contributed by atoms with E-state index >= 15 is 0 Å². The standard InChI is InChI=1S/C21H16ClF3N2O2S2/c22-16-8-2-1-5-13(16)11-17-19(29)27(20(30)31-17)10-4-9-18(28)26-15-7-3-6-14(12-15)21(23,24)25/h1-3,5-8,11-12H,4,9-10H2,(H,26,28)/b17-11+. The first-order chi connectivity index (χ1) is 14.6. The number of carbonyl (C=O) groups excluding carboxylic acids is 2. The molecular formula is C21H16ClF3N2O2S2. The first kappa shape index (κ1) is 23.3. The minimum atomic E-state index is -4.49. The van der Waals surface area contributed by atoms with Gasteiger partial charge in [0.15, 0.2) is 0 Å². The van der Waals surface area contributed by atoms with Gasteiger partial charge in [0.25, 0.3) is 5.91 Å². The predicted molar refractivity (Wildman–Crippen MR) is 121 cm³/mol. The Balaban J connectivity index is 1.55. The Morgan fingerprint density at radius 1 is 1.19 bits per heavy atom. The maximum Gasteiger partial charge on any atom is 0.416 e. The quantitative estimate of drug-likeness (QED) is 0.405. The Hall–Kier alpha value is -2.36. The van der Waals surface area contributed by atoms with Crippen molar-refractivity contribution >= 4 is 63.5 Å². The summed E-state index contributed by atoms with van der Waals surface area (Å²) >= 11 is 12.5. The second kappa shape index (κ2) is 9.84. The second-order valence-electron chi connectivity index (χ2n) is 6.59. The van der Waals surface area contributed by atoms with Gasteiger partial charge in [-0.15, -0.1) is 0 Å². The molecule has 2 aromatic carbocycles. The van der Waals surface area contributed by atoms with Gasteiger partial charge in [0.1, 0.15) is 4.32 Å². The fraction of sp³-hybridized carbons (Fsp3) is 0.190. The summed E-state index contributed by atoms with van der Waals surface area (Å²) in [7, 11) is 0. The number of benzene rings is 2. The number of anilines is 1. The average Bonchev–Trinajstić information content (AvgIpc) is 2.96. The molecule has 0 aromatic heterocycles. The minimum absolute atomic E-state index is 0.0247. The van der Waals surface area contributed by atoms with Gasteiger partial charge in [0.2, 0.25) is 5.91 Å². The van der Waals surface area contributed by atoms with E-state index < -0.39 is 17.6 Å². The minimum Gasteiger partial charge on any atom is -0.326 e. The van der Waals surface area contributed by atoms with Crippen molar-refractivity contribution in [1.29, 1.82) is 0 Å². The predicted octanol–water partition coefficient (Wildman–Crippen LogP) is 5.98. The van der Waals surface area contributed by atoms with Gasteiger partial charge >= 0.3 is 6.18 Å². The van der Waals surface area contributed by atoms with Crippen LogP contribution < -0.4 is 5.32 Å². The molecule has 31 heavy (non-hydrogen) atoms. The molecule has 0 radical (unpaired) electrons. The highest BCUT2D eigenvalue weighted by molar-refractivity contribution is 8.26. The topological polar surface area (TPSA) is 49.4 Å². The van der Waals surface area contributed by atoms with Gasteiger partial charge in [0, 0.05) is 23.7 Å². The van der Waals surface area contributed by atoms with E-state index in [1.54, 1.807) is 24.3 Å². The zero-order chi connectivity index (χ0) is 22.6. The first-order valence-electron chi connectivity index (χ1n) is 9.12. The van der Waals surface area contributed by atoms with Crippen LogP contribution in [0.1, 0.15) is 24.0 Å². The summed E-state index contributed by atoms with van der Waals surface area (Å²) in [5.41, 5.74) is -0.0774. The average molecular weight is 485 g/mol. The number of hydrogen-bond acceptors (Lipinski definition) is 4. The van der Waals surface area contributed by atoms with Crippen LogP contribution in [0.2, 0.25) is 5.02 Å². The van der Waals surface area contributed by atoms with Gasteiger partial charge in [-0.05, 0) is 42.3 Å². The van der Waals surface area contributed by atoms with E-state index in [-0.39, 0.29) is 24.6 Å². The van der Waals surface area contributed by atoms with Crippen LogP contribution in [-0.4, -0.2) is 27.6 Å².